The molecule has 1 saturated heterocycles. The van der Waals surface area contributed by atoms with E-state index in [1.807, 2.05) is 20.8 Å². The van der Waals surface area contributed by atoms with Crippen LogP contribution in [0, 0.1) is 5.92 Å². The van der Waals surface area contributed by atoms with Crippen LogP contribution in [0.4, 0.5) is 4.79 Å². The van der Waals surface area contributed by atoms with E-state index in [9.17, 15) is 9.59 Å². The molecule has 1 aliphatic rings. The maximum atomic E-state index is 11.8. The molecule has 19 heavy (non-hydrogen) atoms. The molecule has 1 heterocycles. The van der Waals surface area contributed by atoms with Crippen LogP contribution in [-0.4, -0.2) is 41.9 Å². The summed E-state index contributed by atoms with van der Waals surface area (Å²) in [4.78, 5) is 22.8. The molecular formula is C13H24N2O4. The van der Waals surface area contributed by atoms with Gasteiger partial charge in [0.05, 0.1) is 12.1 Å². The first kappa shape index (κ1) is 15.8. The summed E-state index contributed by atoms with van der Waals surface area (Å²) < 4.78 is 5.47. The number of hydrogen-bond acceptors (Lipinski definition) is 3. The molecule has 0 aromatic carbocycles. The first-order chi connectivity index (χ1) is 8.90. The normalized spacial score (nSPS) is 22.0. The molecule has 6 heteroatoms. The predicted molar refractivity (Wildman–Crippen MR) is 71.0 cm³/mol. The molecule has 2 unspecified atom stereocenters. The fraction of sp³-hybridized carbons (Fsp3) is 0.846. The molecule has 0 aromatic heterocycles. The zero-order chi connectivity index (χ0) is 14.4. The summed E-state index contributed by atoms with van der Waals surface area (Å²) in [5, 5.41) is 14.3. The van der Waals surface area contributed by atoms with Gasteiger partial charge >= 0.3 is 12.0 Å². The molecule has 0 aliphatic carbocycles. The summed E-state index contributed by atoms with van der Waals surface area (Å²) in [6.07, 6.45) is 2.37. The van der Waals surface area contributed by atoms with Crippen LogP contribution in [0.25, 0.3) is 0 Å². The largest absolute Gasteiger partial charge is 0.480 e. The highest BCUT2D eigenvalue weighted by atomic mass is 16.5. The van der Waals surface area contributed by atoms with Gasteiger partial charge in [-0.25, -0.2) is 9.59 Å². The number of ether oxygens (including phenoxy) is 1. The van der Waals surface area contributed by atoms with E-state index in [1.54, 1.807) is 0 Å². The Bertz CT molecular complexity index is 314. The number of nitrogens with one attached hydrogen (secondary N) is 2. The van der Waals surface area contributed by atoms with Crippen molar-refractivity contribution in [3.63, 3.8) is 0 Å². The minimum Gasteiger partial charge on any atom is -0.480 e. The number of carboxylic acids is 1. The summed E-state index contributed by atoms with van der Waals surface area (Å²) in [5.74, 6) is -0.800. The molecular weight excluding hydrogens is 248 g/mol. The molecule has 3 atom stereocenters. The minimum atomic E-state index is -1.01. The van der Waals surface area contributed by atoms with Gasteiger partial charge in [-0.05, 0) is 32.1 Å². The molecule has 110 valence electrons. The Morgan fingerprint density at radius 1 is 1.32 bits per heavy atom. The number of urea groups is 1. The standard InChI is InChI=1S/C13H24N2O4/c1-8(2)7-10(12(16)17)15-13(18)14-9(3)11-5-4-6-19-11/h8-11H,4-7H2,1-3H3,(H,16,17)(H2,14,15,18)/t9?,10-,11?/m0/s1. The topological polar surface area (TPSA) is 87.7 Å². The average molecular weight is 272 g/mol. The summed E-state index contributed by atoms with van der Waals surface area (Å²) in [6, 6.07) is -1.41. The lowest BCUT2D eigenvalue weighted by molar-refractivity contribution is -0.139. The Hall–Kier alpha value is -1.30. The summed E-state index contributed by atoms with van der Waals surface area (Å²) >= 11 is 0. The zero-order valence-corrected chi connectivity index (χ0v) is 11.8. The van der Waals surface area contributed by atoms with Gasteiger partial charge in [-0.1, -0.05) is 13.8 Å². The van der Waals surface area contributed by atoms with Crippen molar-refractivity contribution in [1.29, 1.82) is 0 Å². The van der Waals surface area contributed by atoms with E-state index < -0.39 is 18.0 Å². The van der Waals surface area contributed by atoms with E-state index >= 15 is 0 Å². The smallest absolute Gasteiger partial charge is 0.326 e. The van der Waals surface area contributed by atoms with Gasteiger partial charge in [0.25, 0.3) is 0 Å². The predicted octanol–water partition coefficient (Wildman–Crippen LogP) is 1.35. The lowest BCUT2D eigenvalue weighted by Crippen LogP contribution is -2.51. The van der Waals surface area contributed by atoms with Crippen LogP contribution in [0.1, 0.15) is 40.0 Å². The molecule has 0 aromatic rings. The average Bonchev–Trinajstić information content (AvgIpc) is 2.80. The molecule has 0 spiro atoms. The second-order valence-corrected chi connectivity index (χ2v) is 5.48. The van der Waals surface area contributed by atoms with Gasteiger partial charge in [0.1, 0.15) is 6.04 Å². The highest BCUT2D eigenvalue weighted by Crippen LogP contribution is 2.15. The van der Waals surface area contributed by atoms with Crippen LogP contribution in [0.2, 0.25) is 0 Å². The number of carboxylic acid groups (broad SMARTS) is 1. The van der Waals surface area contributed by atoms with Crippen molar-refractivity contribution < 1.29 is 19.4 Å². The number of aliphatic carboxylic acids is 1. The third kappa shape index (κ3) is 5.46. The van der Waals surface area contributed by atoms with E-state index in [0.717, 1.165) is 19.4 Å². The number of carbonyl (C=O) groups is 2. The maximum Gasteiger partial charge on any atom is 0.326 e. The number of carbonyl (C=O) groups excluding carboxylic acids is 1. The van der Waals surface area contributed by atoms with Crippen molar-refractivity contribution >= 4 is 12.0 Å². The summed E-state index contributed by atoms with van der Waals surface area (Å²) in [7, 11) is 0. The lowest BCUT2D eigenvalue weighted by atomic mass is 10.0. The summed E-state index contributed by atoms with van der Waals surface area (Å²) in [6.45, 7) is 6.44. The minimum absolute atomic E-state index is 0.0270. The van der Waals surface area contributed by atoms with Gasteiger partial charge in [0.2, 0.25) is 0 Å². The van der Waals surface area contributed by atoms with E-state index in [0.29, 0.717) is 6.42 Å². The number of amides is 2. The second-order valence-electron chi connectivity index (χ2n) is 5.48. The highest BCUT2D eigenvalue weighted by Gasteiger charge is 2.26. The quantitative estimate of drug-likeness (QED) is 0.681. The fourth-order valence-electron chi connectivity index (χ4n) is 2.19. The third-order valence-corrected chi connectivity index (χ3v) is 3.19. The van der Waals surface area contributed by atoms with Gasteiger partial charge < -0.3 is 20.5 Å². The van der Waals surface area contributed by atoms with E-state index in [-0.39, 0.29) is 18.1 Å². The molecule has 0 bridgehead atoms. The summed E-state index contributed by atoms with van der Waals surface area (Å²) in [5.41, 5.74) is 0. The Morgan fingerprint density at radius 2 is 2.00 bits per heavy atom. The van der Waals surface area contributed by atoms with Crippen LogP contribution >= 0.6 is 0 Å². The highest BCUT2D eigenvalue weighted by molar-refractivity contribution is 5.82. The maximum absolute atomic E-state index is 11.8. The van der Waals surface area contributed by atoms with E-state index in [4.69, 9.17) is 9.84 Å². The zero-order valence-electron chi connectivity index (χ0n) is 11.8. The van der Waals surface area contributed by atoms with Crippen molar-refractivity contribution in [2.45, 2.75) is 58.2 Å². The lowest BCUT2D eigenvalue weighted by Gasteiger charge is -2.22. The first-order valence-electron chi connectivity index (χ1n) is 6.81. The molecule has 6 nitrogen and oxygen atoms in total. The Balaban J connectivity index is 2.41. The van der Waals surface area contributed by atoms with Crippen molar-refractivity contribution in [3.8, 4) is 0 Å². The monoisotopic (exact) mass is 272 g/mol. The Morgan fingerprint density at radius 3 is 2.47 bits per heavy atom. The van der Waals surface area contributed by atoms with Crippen molar-refractivity contribution in [2.24, 2.45) is 5.92 Å². The number of rotatable bonds is 6. The first-order valence-corrected chi connectivity index (χ1v) is 6.81. The van der Waals surface area contributed by atoms with Crippen molar-refractivity contribution in [3.05, 3.63) is 0 Å². The van der Waals surface area contributed by atoms with E-state index in [1.165, 1.54) is 0 Å². The molecule has 1 fully saturated rings. The van der Waals surface area contributed by atoms with Gasteiger partial charge in [0.15, 0.2) is 0 Å². The Kier molecular flexibility index (Phi) is 6.08. The molecule has 1 rings (SSSR count). The van der Waals surface area contributed by atoms with Gasteiger partial charge in [-0.3, -0.25) is 0 Å². The van der Waals surface area contributed by atoms with E-state index in [2.05, 4.69) is 10.6 Å². The molecule has 3 N–H and O–H groups in total. The van der Waals surface area contributed by atoms with Crippen molar-refractivity contribution in [2.75, 3.05) is 6.61 Å². The molecule has 1 aliphatic heterocycles. The van der Waals surface area contributed by atoms with Crippen LogP contribution in [0.15, 0.2) is 0 Å². The molecule has 0 radical (unpaired) electrons. The molecule has 0 saturated carbocycles. The van der Waals surface area contributed by atoms with Crippen LogP contribution < -0.4 is 10.6 Å². The number of hydrogen-bond donors (Lipinski definition) is 3. The molecule has 2 amide bonds. The van der Waals surface area contributed by atoms with Gasteiger partial charge in [-0.2, -0.15) is 0 Å². The van der Waals surface area contributed by atoms with Crippen LogP contribution in [0.5, 0.6) is 0 Å². The third-order valence-electron chi connectivity index (χ3n) is 3.19. The Labute approximate surface area is 113 Å². The van der Waals surface area contributed by atoms with Gasteiger partial charge in [0, 0.05) is 6.61 Å². The van der Waals surface area contributed by atoms with Crippen LogP contribution in [0.3, 0.4) is 0 Å². The second kappa shape index (κ2) is 7.33. The van der Waals surface area contributed by atoms with Crippen LogP contribution in [-0.2, 0) is 9.53 Å². The van der Waals surface area contributed by atoms with Crippen molar-refractivity contribution in [1.82, 2.24) is 10.6 Å². The van der Waals surface area contributed by atoms with Gasteiger partial charge in [-0.15, -0.1) is 0 Å². The fourth-order valence-corrected chi connectivity index (χ4v) is 2.19. The SMILES string of the molecule is CC(C)C[C@H](NC(=O)NC(C)C1CCCO1)C(=O)O.